The maximum Gasteiger partial charge on any atom is 0.397 e. The monoisotopic (exact) mass is 238 g/mol. The van der Waals surface area contributed by atoms with Crippen molar-refractivity contribution in [2.24, 2.45) is 5.92 Å². The van der Waals surface area contributed by atoms with Crippen LogP contribution in [0.25, 0.3) is 0 Å². The van der Waals surface area contributed by atoms with Gasteiger partial charge in [0.15, 0.2) is 0 Å². The van der Waals surface area contributed by atoms with Crippen LogP contribution in [0, 0.1) is 5.92 Å². The highest BCUT2D eigenvalue weighted by atomic mass is 19.4. The minimum atomic E-state index is -4.41. The fraction of sp³-hybridized carbons (Fsp3) is 0.900. The molecule has 1 saturated heterocycles. The summed E-state index contributed by atoms with van der Waals surface area (Å²) in [7, 11) is 0. The molecular formula is C10H17F3N2O. The predicted molar refractivity (Wildman–Crippen MR) is 53.9 cm³/mol. The fourth-order valence-corrected chi connectivity index (χ4v) is 1.73. The van der Waals surface area contributed by atoms with Crippen molar-refractivity contribution in [3.63, 3.8) is 0 Å². The molecule has 94 valence electrons. The number of hydrogen-bond acceptors (Lipinski definition) is 2. The molecule has 2 unspecified atom stereocenters. The normalized spacial score (nSPS) is 26.5. The van der Waals surface area contributed by atoms with Gasteiger partial charge in [-0.3, -0.25) is 4.79 Å². The smallest absolute Gasteiger partial charge is 0.355 e. The van der Waals surface area contributed by atoms with E-state index in [-0.39, 0.29) is 5.92 Å². The van der Waals surface area contributed by atoms with Crippen LogP contribution in [0.4, 0.5) is 13.2 Å². The largest absolute Gasteiger partial charge is 0.397 e. The summed E-state index contributed by atoms with van der Waals surface area (Å²) in [6, 6.07) is 0.460. The Balaban J connectivity index is 2.17. The van der Waals surface area contributed by atoms with E-state index >= 15 is 0 Å². The summed E-state index contributed by atoms with van der Waals surface area (Å²) in [5, 5.41) is 5.56. The van der Waals surface area contributed by atoms with Crippen molar-refractivity contribution in [2.45, 2.75) is 38.4 Å². The molecule has 6 heteroatoms. The molecule has 16 heavy (non-hydrogen) atoms. The Morgan fingerprint density at radius 3 is 2.62 bits per heavy atom. The summed E-state index contributed by atoms with van der Waals surface area (Å²) < 4.78 is 35.5. The van der Waals surface area contributed by atoms with E-state index in [0.717, 1.165) is 19.4 Å². The molecule has 2 atom stereocenters. The quantitative estimate of drug-likeness (QED) is 0.781. The van der Waals surface area contributed by atoms with Gasteiger partial charge in [-0.2, -0.15) is 13.2 Å². The highest BCUT2D eigenvalue weighted by Crippen LogP contribution is 2.19. The van der Waals surface area contributed by atoms with E-state index in [0.29, 0.717) is 12.6 Å². The second-order valence-electron chi connectivity index (χ2n) is 4.35. The van der Waals surface area contributed by atoms with Gasteiger partial charge in [-0.25, -0.2) is 0 Å². The Labute approximate surface area is 92.8 Å². The molecule has 0 aromatic heterocycles. The van der Waals surface area contributed by atoms with Crippen molar-refractivity contribution in [3.05, 3.63) is 0 Å². The zero-order valence-corrected chi connectivity index (χ0v) is 9.23. The molecule has 1 amide bonds. The van der Waals surface area contributed by atoms with Gasteiger partial charge in [0.2, 0.25) is 5.91 Å². The molecule has 1 aliphatic heterocycles. The van der Waals surface area contributed by atoms with E-state index in [1.165, 1.54) is 0 Å². The van der Waals surface area contributed by atoms with E-state index in [9.17, 15) is 18.0 Å². The first-order chi connectivity index (χ1) is 7.37. The molecule has 1 heterocycles. The van der Waals surface area contributed by atoms with Crippen molar-refractivity contribution in [2.75, 3.05) is 13.1 Å². The van der Waals surface area contributed by atoms with Crippen LogP contribution in [0.1, 0.15) is 26.2 Å². The van der Waals surface area contributed by atoms with Gasteiger partial charge in [0, 0.05) is 12.6 Å². The number of nitrogens with one attached hydrogen (secondary N) is 2. The molecule has 0 aliphatic carbocycles. The van der Waals surface area contributed by atoms with Gasteiger partial charge in [-0.05, 0) is 32.2 Å². The summed E-state index contributed by atoms with van der Waals surface area (Å²) in [5.41, 5.74) is 0. The SMILES string of the molecule is CC1CCC(CNC(=O)CC(F)(F)F)CN1. The van der Waals surface area contributed by atoms with Crippen LogP contribution in [0.3, 0.4) is 0 Å². The molecule has 1 aliphatic rings. The zero-order chi connectivity index (χ0) is 12.2. The molecule has 2 N–H and O–H groups in total. The first-order valence-electron chi connectivity index (χ1n) is 5.43. The molecular weight excluding hydrogens is 221 g/mol. The molecule has 0 aromatic carbocycles. The van der Waals surface area contributed by atoms with Crippen LogP contribution in [-0.2, 0) is 4.79 Å². The summed E-state index contributed by atoms with van der Waals surface area (Å²) >= 11 is 0. The van der Waals surface area contributed by atoms with Crippen molar-refractivity contribution in [1.82, 2.24) is 10.6 Å². The second kappa shape index (κ2) is 5.52. The van der Waals surface area contributed by atoms with Gasteiger partial charge in [-0.1, -0.05) is 0 Å². The Morgan fingerprint density at radius 2 is 2.12 bits per heavy atom. The standard InChI is InChI=1S/C10H17F3N2O/c1-7-2-3-8(5-14-7)6-15-9(16)4-10(11,12)13/h7-8,14H,2-6H2,1H3,(H,15,16). The van der Waals surface area contributed by atoms with Crippen LogP contribution in [-0.4, -0.2) is 31.2 Å². The number of piperidine rings is 1. The summed E-state index contributed by atoms with van der Waals surface area (Å²) in [5.74, 6) is -0.695. The van der Waals surface area contributed by atoms with Crippen LogP contribution in [0.2, 0.25) is 0 Å². The van der Waals surface area contributed by atoms with Gasteiger partial charge < -0.3 is 10.6 Å². The highest BCUT2D eigenvalue weighted by Gasteiger charge is 2.31. The van der Waals surface area contributed by atoms with Crippen molar-refractivity contribution in [3.8, 4) is 0 Å². The zero-order valence-electron chi connectivity index (χ0n) is 9.23. The molecule has 1 rings (SSSR count). The number of alkyl halides is 3. The minimum absolute atomic E-state index is 0.244. The van der Waals surface area contributed by atoms with Crippen LogP contribution in [0.5, 0.6) is 0 Å². The topological polar surface area (TPSA) is 41.1 Å². The van der Waals surface area contributed by atoms with Crippen molar-refractivity contribution < 1.29 is 18.0 Å². The Kier molecular flexibility index (Phi) is 4.58. The Hall–Kier alpha value is -0.780. The lowest BCUT2D eigenvalue weighted by molar-refractivity contribution is -0.153. The third-order valence-electron chi connectivity index (χ3n) is 2.71. The highest BCUT2D eigenvalue weighted by molar-refractivity contribution is 5.76. The van der Waals surface area contributed by atoms with Crippen molar-refractivity contribution in [1.29, 1.82) is 0 Å². The molecule has 3 nitrogen and oxygen atoms in total. The summed E-state index contributed by atoms with van der Waals surface area (Å²) in [6.07, 6.45) is -3.85. The van der Waals surface area contributed by atoms with Gasteiger partial charge in [-0.15, -0.1) is 0 Å². The first kappa shape index (κ1) is 13.3. The number of carbonyl (C=O) groups excluding carboxylic acids is 1. The van der Waals surface area contributed by atoms with Crippen molar-refractivity contribution >= 4 is 5.91 Å². The van der Waals surface area contributed by atoms with Crippen LogP contribution < -0.4 is 10.6 Å². The second-order valence-corrected chi connectivity index (χ2v) is 4.35. The van der Waals surface area contributed by atoms with E-state index in [4.69, 9.17) is 0 Å². The molecule has 0 spiro atoms. The fourth-order valence-electron chi connectivity index (χ4n) is 1.73. The molecule has 0 radical (unpaired) electrons. The Morgan fingerprint density at radius 1 is 1.44 bits per heavy atom. The lowest BCUT2D eigenvalue weighted by Gasteiger charge is -2.27. The molecule has 0 saturated carbocycles. The number of rotatable bonds is 3. The molecule has 0 bridgehead atoms. The third-order valence-corrected chi connectivity index (χ3v) is 2.71. The summed E-state index contributed by atoms with van der Waals surface area (Å²) in [4.78, 5) is 10.9. The molecule has 0 aromatic rings. The van der Waals surface area contributed by atoms with E-state index < -0.39 is 18.5 Å². The van der Waals surface area contributed by atoms with Gasteiger partial charge >= 0.3 is 6.18 Å². The predicted octanol–water partition coefficient (Wildman–Crippen LogP) is 1.44. The third kappa shape index (κ3) is 5.34. The number of carbonyl (C=O) groups is 1. The average Bonchev–Trinajstić information content (AvgIpc) is 2.14. The first-order valence-corrected chi connectivity index (χ1v) is 5.43. The number of hydrogen-bond donors (Lipinski definition) is 2. The van der Waals surface area contributed by atoms with E-state index in [1.807, 2.05) is 0 Å². The van der Waals surface area contributed by atoms with Gasteiger partial charge in [0.25, 0.3) is 0 Å². The average molecular weight is 238 g/mol. The maximum absolute atomic E-state index is 11.8. The minimum Gasteiger partial charge on any atom is -0.355 e. The lowest BCUT2D eigenvalue weighted by atomic mass is 9.95. The van der Waals surface area contributed by atoms with Gasteiger partial charge in [0.05, 0.1) is 0 Å². The van der Waals surface area contributed by atoms with E-state index in [2.05, 4.69) is 17.6 Å². The summed E-state index contributed by atoms with van der Waals surface area (Å²) in [6.45, 7) is 3.15. The van der Waals surface area contributed by atoms with Crippen LogP contribution in [0.15, 0.2) is 0 Å². The number of amides is 1. The lowest BCUT2D eigenvalue weighted by Crippen LogP contribution is -2.42. The van der Waals surface area contributed by atoms with Gasteiger partial charge in [0.1, 0.15) is 6.42 Å². The van der Waals surface area contributed by atoms with E-state index in [1.54, 1.807) is 0 Å². The number of halogens is 3. The van der Waals surface area contributed by atoms with Crippen LogP contribution >= 0.6 is 0 Å². The Bertz CT molecular complexity index is 235. The maximum atomic E-state index is 11.8. The molecule has 1 fully saturated rings.